The van der Waals surface area contributed by atoms with Gasteiger partial charge in [-0.3, -0.25) is 9.59 Å². The highest BCUT2D eigenvalue weighted by atomic mass is 16.5. The summed E-state index contributed by atoms with van der Waals surface area (Å²) in [7, 11) is 4.86. The van der Waals surface area contributed by atoms with Gasteiger partial charge in [-0.2, -0.15) is 0 Å². The van der Waals surface area contributed by atoms with Crippen molar-refractivity contribution in [1.29, 1.82) is 0 Å². The maximum absolute atomic E-state index is 12.4. The van der Waals surface area contributed by atoms with Crippen molar-refractivity contribution >= 4 is 11.9 Å². The van der Waals surface area contributed by atoms with Gasteiger partial charge in [-0.15, -0.1) is 0 Å². The molecule has 1 fully saturated rings. The Bertz CT molecular complexity index is 388. The van der Waals surface area contributed by atoms with Crippen LogP contribution in [-0.4, -0.2) is 38.0 Å². The van der Waals surface area contributed by atoms with E-state index >= 15 is 0 Å². The lowest BCUT2D eigenvalue weighted by Crippen LogP contribution is -2.48. The summed E-state index contributed by atoms with van der Waals surface area (Å²) in [5.41, 5.74) is -0.643. The lowest BCUT2D eigenvalue weighted by Gasteiger charge is -2.37. The number of hydrogen-bond acceptors (Lipinski definition) is 3. The molecule has 2 aliphatic rings. The molecule has 0 aromatic rings. The Morgan fingerprint density at radius 3 is 2.53 bits per heavy atom. The minimum Gasteiger partial charge on any atom is -0.469 e. The van der Waals surface area contributed by atoms with E-state index in [-0.39, 0.29) is 29.6 Å². The fourth-order valence-electron chi connectivity index (χ4n) is 3.41. The zero-order chi connectivity index (χ0) is 12.8. The second-order valence-corrected chi connectivity index (χ2v) is 5.37. The summed E-state index contributed by atoms with van der Waals surface area (Å²) in [5.74, 6) is -0.269. The third kappa shape index (κ3) is 1.50. The predicted molar refractivity (Wildman–Crippen MR) is 63.0 cm³/mol. The average molecular weight is 237 g/mol. The fraction of sp³-hybridized carbons (Fsp3) is 0.692. The fourth-order valence-corrected chi connectivity index (χ4v) is 3.41. The van der Waals surface area contributed by atoms with Crippen LogP contribution in [0.2, 0.25) is 0 Å². The SMILES string of the molecule is COC(=O)C1C2C=CC(C2)C1(C)C(=O)N(C)C. The van der Waals surface area contributed by atoms with Crippen molar-refractivity contribution in [2.24, 2.45) is 23.2 Å². The van der Waals surface area contributed by atoms with Crippen LogP contribution in [0.3, 0.4) is 0 Å². The number of amides is 1. The monoisotopic (exact) mass is 237 g/mol. The first kappa shape index (κ1) is 12.1. The van der Waals surface area contributed by atoms with Gasteiger partial charge in [-0.05, 0) is 25.2 Å². The molecular weight excluding hydrogens is 218 g/mol. The van der Waals surface area contributed by atoms with E-state index in [0.717, 1.165) is 6.42 Å². The standard InChI is InChI=1S/C13H19NO3/c1-13(12(16)14(2)3)9-6-5-8(7-9)10(13)11(15)17-4/h5-6,8-10H,7H2,1-4H3. The Hall–Kier alpha value is -1.32. The van der Waals surface area contributed by atoms with E-state index in [9.17, 15) is 9.59 Å². The van der Waals surface area contributed by atoms with Gasteiger partial charge in [-0.1, -0.05) is 12.2 Å². The van der Waals surface area contributed by atoms with Gasteiger partial charge < -0.3 is 9.64 Å². The molecular formula is C13H19NO3. The first-order valence-electron chi connectivity index (χ1n) is 5.90. The lowest BCUT2D eigenvalue weighted by atomic mass is 9.69. The maximum Gasteiger partial charge on any atom is 0.310 e. The van der Waals surface area contributed by atoms with Crippen molar-refractivity contribution in [2.75, 3.05) is 21.2 Å². The molecule has 0 aromatic heterocycles. The van der Waals surface area contributed by atoms with E-state index in [0.29, 0.717) is 0 Å². The summed E-state index contributed by atoms with van der Waals surface area (Å²) in [4.78, 5) is 25.9. The van der Waals surface area contributed by atoms with Gasteiger partial charge in [0.15, 0.2) is 0 Å². The first-order valence-corrected chi connectivity index (χ1v) is 5.90. The van der Waals surface area contributed by atoms with Gasteiger partial charge in [0, 0.05) is 14.1 Å². The number of nitrogens with zero attached hydrogens (tertiary/aromatic N) is 1. The number of methoxy groups -OCH3 is 1. The van der Waals surface area contributed by atoms with Crippen molar-refractivity contribution in [2.45, 2.75) is 13.3 Å². The largest absolute Gasteiger partial charge is 0.469 e. The third-order valence-electron chi connectivity index (χ3n) is 4.28. The molecule has 1 saturated carbocycles. The molecule has 94 valence electrons. The van der Waals surface area contributed by atoms with Crippen LogP contribution in [0, 0.1) is 23.2 Å². The minimum atomic E-state index is -0.643. The summed E-state index contributed by atoms with van der Waals surface area (Å²) >= 11 is 0. The van der Waals surface area contributed by atoms with Crippen molar-refractivity contribution in [3.63, 3.8) is 0 Å². The van der Waals surface area contributed by atoms with Gasteiger partial charge in [-0.25, -0.2) is 0 Å². The molecule has 4 unspecified atom stereocenters. The summed E-state index contributed by atoms with van der Waals surface area (Å²) in [6.45, 7) is 1.89. The van der Waals surface area contributed by atoms with E-state index < -0.39 is 5.41 Å². The number of esters is 1. The molecule has 2 rings (SSSR count). The van der Waals surface area contributed by atoms with E-state index in [4.69, 9.17) is 4.74 Å². The molecule has 4 nitrogen and oxygen atoms in total. The molecule has 0 heterocycles. The molecule has 17 heavy (non-hydrogen) atoms. The van der Waals surface area contributed by atoms with Gasteiger partial charge in [0.25, 0.3) is 0 Å². The van der Waals surface area contributed by atoms with Crippen LogP contribution < -0.4 is 0 Å². The highest BCUT2D eigenvalue weighted by Gasteiger charge is 2.61. The van der Waals surface area contributed by atoms with Crippen molar-refractivity contribution < 1.29 is 14.3 Å². The average Bonchev–Trinajstić information content (AvgIpc) is 2.86. The lowest BCUT2D eigenvalue weighted by molar-refractivity contribution is -0.159. The molecule has 0 N–H and O–H groups in total. The van der Waals surface area contributed by atoms with Gasteiger partial charge in [0.2, 0.25) is 5.91 Å². The molecule has 0 aromatic carbocycles. The van der Waals surface area contributed by atoms with Gasteiger partial charge >= 0.3 is 5.97 Å². The second kappa shape index (κ2) is 3.86. The summed E-state index contributed by atoms with van der Waals surface area (Å²) in [6.07, 6.45) is 5.01. The Labute approximate surface area is 102 Å². The molecule has 0 aliphatic heterocycles. The predicted octanol–water partition coefficient (Wildman–Crippen LogP) is 1.08. The van der Waals surface area contributed by atoms with E-state index in [2.05, 4.69) is 12.2 Å². The quantitative estimate of drug-likeness (QED) is 0.533. The maximum atomic E-state index is 12.4. The number of hydrogen-bond donors (Lipinski definition) is 0. The Morgan fingerprint density at radius 1 is 1.35 bits per heavy atom. The molecule has 0 radical (unpaired) electrons. The number of allylic oxidation sites excluding steroid dienone is 2. The molecule has 2 bridgehead atoms. The molecule has 0 spiro atoms. The van der Waals surface area contributed by atoms with Crippen LogP contribution >= 0.6 is 0 Å². The highest BCUT2D eigenvalue weighted by molar-refractivity contribution is 5.90. The van der Waals surface area contributed by atoms with Crippen LogP contribution in [0.25, 0.3) is 0 Å². The third-order valence-corrected chi connectivity index (χ3v) is 4.28. The molecule has 0 saturated heterocycles. The van der Waals surface area contributed by atoms with E-state index in [1.165, 1.54) is 7.11 Å². The zero-order valence-electron chi connectivity index (χ0n) is 10.8. The van der Waals surface area contributed by atoms with Crippen molar-refractivity contribution in [3.8, 4) is 0 Å². The molecule has 4 heteroatoms. The summed E-state index contributed by atoms with van der Waals surface area (Å²) < 4.78 is 4.87. The van der Waals surface area contributed by atoms with Crippen molar-refractivity contribution in [3.05, 3.63) is 12.2 Å². The molecule has 2 aliphatic carbocycles. The number of ether oxygens (including phenoxy) is 1. The van der Waals surface area contributed by atoms with Crippen LogP contribution in [-0.2, 0) is 14.3 Å². The van der Waals surface area contributed by atoms with Crippen molar-refractivity contribution in [1.82, 2.24) is 4.90 Å². The van der Waals surface area contributed by atoms with E-state index in [1.807, 2.05) is 6.92 Å². The summed E-state index contributed by atoms with van der Waals surface area (Å²) in [5, 5.41) is 0. The smallest absolute Gasteiger partial charge is 0.310 e. The van der Waals surface area contributed by atoms with Gasteiger partial charge in [0.1, 0.15) is 0 Å². The second-order valence-electron chi connectivity index (χ2n) is 5.37. The highest BCUT2D eigenvalue weighted by Crippen LogP contribution is 2.57. The number of carbonyl (C=O) groups excluding carboxylic acids is 2. The zero-order valence-corrected chi connectivity index (χ0v) is 10.8. The van der Waals surface area contributed by atoms with Crippen LogP contribution in [0.5, 0.6) is 0 Å². The Balaban J connectivity index is 2.40. The Morgan fingerprint density at radius 2 is 2.00 bits per heavy atom. The topological polar surface area (TPSA) is 46.6 Å². The van der Waals surface area contributed by atoms with Gasteiger partial charge in [0.05, 0.1) is 18.4 Å². The Kier molecular flexibility index (Phi) is 2.76. The number of rotatable bonds is 2. The summed E-state index contributed by atoms with van der Waals surface area (Å²) in [6, 6.07) is 0. The van der Waals surface area contributed by atoms with Crippen LogP contribution in [0.15, 0.2) is 12.2 Å². The van der Waals surface area contributed by atoms with Crippen LogP contribution in [0.1, 0.15) is 13.3 Å². The van der Waals surface area contributed by atoms with E-state index in [1.54, 1.807) is 19.0 Å². The van der Waals surface area contributed by atoms with Crippen LogP contribution in [0.4, 0.5) is 0 Å². The normalized spacial score (nSPS) is 38.2. The number of fused-ring (bicyclic) bond motifs is 2. The molecule has 1 amide bonds. The first-order chi connectivity index (χ1) is 7.92. The minimum absolute atomic E-state index is 0.0183. The molecule has 4 atom stereocenters. The number of carbonyl (C=O) groups is 2.